The van der Waals surface area contributed by atoms with Gasteiger partial charge in [0.05, 0.1) is 12.2 Å². The summed E-state index contributed by atoms with van der Waals surface area (Å²) in [5.41, 5.74) is 0. The first-order valence-corrected chi connectivity index (χ1v) is 4.09. The normalized spacial score (nSPS) is 17.8. The molecule has 0 radical (unpaired) electrons. The third kappa shape index (κ3) is 5.57. The molecule has 3 unspecified atom stereocenters. The zero-order chi connectivity index (χ0) is 10.4. The van der Waals surface area contributed by atoms with E-state index in [0.29, 0.717) is 6.42 Å². The van der Waals surface area contributed by atoms with Gasteiger partial charge >= 0.3 is 5.97 Å². The van der Waals surface area contributed by atoms with Gasteiger partial charge in [-0.05, 0) is 13.3 Å². The summed E-state index contributed by atoms with van der Waals surface area (Å²) in [6.07, 6.45) is -2.33. The second kappa shape index (κ2) is 5.90. The van der Waals surface area contributed by atoms with E-state index in [0.717, 1.165) is 0 Å². The Labute approximate surface area is 77.0 Å². The average Bonchev–Trinajstić information content (AvgIpc) is 2.03. The van der Waals surface area contributed by atoms with Crippen LogP contribution in [0, 0.1) is 0 Å². The lowest BCUT2D eigenvalue weighted by Gasteiger charge is -2.16. The van der Waals surface area contributed by atoms with Crippen molar-refractivity contribution in [1.29, 1.82) is 0 Å². The van der Waals surface area contributed by atoms with Crippen molar-refractivity contribution >= 4 is 5.97 Å². The number of aliphatic hydroxyl groups excluding tert-OH is 2. The summed E-state index contributed by atoms with van der Waals surface area (Å²) in [5.74, 6) is -1.32. The Bertz CT molecular complexity index is 159. The molecule has 0 amide bonds. The Morgan fingerprint density at radius 2 is 1.92 bits per heavy atom. The number of carboxylic acid groups (broad SMARTS) is 1. The molecule has 0 aromatic carbocycles. The van der Waals surface area contributed by atoms with E-state index in [4.69, 9.17) is 14.9 Å². The standard InChI is InChI=1S/C8H16O5/c1-5(13-2)3-6(9)4-7(10)8(11)12/h5-7,9-10H,3-4H2,1-2H3,(H,11,12). The van der Waals surface area contributed by atoms with Gasteiger partial charge in [-0.25, -0.2) is 4.79 Å². The number of methoxy groups -OCH3 is 1. The van der Waals surface area contributed by atoms with Crippen LogP contribution in [0.3, 0.4) is 0 Å². The van der Waals surface area contributed by atoms with Crippen LogP contribution in [0.4, 0.5) is 0 Å². The monoisotopic (exact) mass is 192 g/mol. The molecule has 0 bridgehead atoms. The highest BCUT2D eigenvalue weighted by Gasteiger charge is 2.19. The van der Waals surface area contributed by atoms with Crippen molar-refractivity contribution in [3.8, 4) is 0 Å². The molecule has 0 aromatic rings. The smallest absolute Gasteiger partial charge is 0.332 e. The molecule has 0 aliphatic rings. The highest BCUT2D eigenvalue weighted by atomic mass is 16.5. The molecule has 0 aliphatic carbocycles. The molecule has 78 valence electrons. The van der Waals surface area contributed by atoms with Gasteiger partial charge in [0.25, 0.3) is 0 Å². The first-order chi connectivity index (χ1) is 5.97. The highest BCUT2D eigenvalue weighted by Crippen LogP contribution is 2.07. The van der Waals surface area contributed by atoms with E-state index in [1.807, 2.05) is 0 Å². The lowest BCUT2D eigenvalue weighted by Crippen LogP contribution is -2.27. The number of aliphatic hydroxyl groups is 2. The van der Waals surface area contributed by atoms with E-state index < -0.39 is 18.2 Å². The zero-order valence-electron chi connectivity index (χ0n) is 7.80. The molecule has 0 fully saturated rings. The molecule has 0 aromatic heterocycles. The van der Waals surface area contributed by atoms with Gasteiger partial charge in [-0.3, -0.25) is 0 Å². The van der Waals surface area contributed by atoms with Gasteiger partial charge in [-0.15, -0.1) is 0 Å². The fraction of sp³-hybridized carbons (Fsp3) is 0.875. The van der Waals surface area contributed by atoms with E-state index in [9.17, 15) is 9.90 Å². The molecule has 13 heavy (non-hydrogen) atoms. The average molecular weight is 192 g/mol. The number of carbonyl (C=O) groups is 1. The van der Waals surface area contributed by atoms with Crippen LogP contribution in [0.25, 0.3) is 0 Å². The molecule has 3 N–H and O–H groups in total. The molecule has 5 nitrogen and oxygen atoms in total. The largest absolute Gasteiger partial charge is 0.479 e. The van der Waals surface area contributed by atoms with Gasteiger partial charge in [0, 0.05) is 13.5 Å². The molecule has 0 spiro atoms. The summed E-state index contributed by atoms with van der Waals surface area (Å²) in [7, 11) is 1.50. The minimum absolute atomic E-state index is 0.143. The maximum Gasteiger partial charge on any atom is 0.332 e. The van der Waals surface area contributed by atoms with Crippen LogP contribution >= 0.6 is 0 Å². The van der Waals surface area contributed by atoms with E-state index in [2.05, 4.69) is 0 Å². The third-order valence-electron chi connectivity index (χ3n) is 1.79. The first-order valence-electron chi connectivity index (χ1n) is 4.09. The number of hydrogen-bond donors (Lipinski definition) is 3. The summed E-state index contributed by atoms with van der Waals surface area (Å²) in [6, 6.07) is 0. The zero-order valence-corrected chi connectivity index (χ0v) is 7.80. The van der Waals surface area contributed by atoms with Gasteiger partial charge in [0.2, 0.25) is 0 Å². The summed E-state index contributed by atoms with van der Waals surface area (Å²) < 4.78 is 4.87. The van der Waals surface area contributed by atoms with Crippen LogP contribution in [0.2, 0.25) is 0 Å². The molecular weight excluding hydrogens is 176 g/mol. The SMILES string of the molecule is COC(C)CC(O)CC(O)C(=O)O. The van der Waals surface area contributed by atoms with Crippen LogP contribution in [0.5, 0.6) is 0 Å². The summed E-state index contributed by atoms with van der Waals surface area (Å²) in [5, 5.41) is 26.5. The molecule has 5 heteroatoms. The van der Waals surface area contributed by atoms with Gasteiger partial charge < -0.3 is 20.1 Å². The fourth-order valence-electron chi connectivity index (χ4n) is 0.934. The molecule has 0 heterocycles. The molecule has 3 atom stereocenters. The topological polar surface area (TPSA) is 87.0 Å². The van der Waals surface area contributed by atoms with Crippen LogP contribution in [-0.2, 0) is 9.53 Å². The van der Waals surface area contributed by atoms with Crippen LogP contribution in [0.15, 0.2) is 0 Å². The van der Waals surface area contributed by atoms with E-state index >= 15 is 0 Å². The fourth-order valence-corrected chi connectivity index (χ4v) is 0.934. The number of rotatable bonds is 6. The second-order valence-corrected chi connectivity index (χ2v) is 3.03. The van der Waals surface area contributed by atoms with Crippen molar-refractivity contribution in [2.75, 3.05) is 7.11 Å². The number of carboxylic acids is 1. The van der Waals surface area contributed by atoms with Crippen LogP contribution < -0.4 is 0 Å². The van der Waals surface area contributed by atoms with Crippen molar-refractivity contribution in [2.24, 2.45) is 0 Å². The molecular formula is C8H16O5. The minimum atomic E-state index is -1.50. The predicted molar refractivity (Wildman–Crippen MR) is 45.4 cm³/mol. The first kappa shape index (κ1) is 12.3. The Kier molecular flexibility index (Phi) is 5.61. The van der Waals surface area contributed by atoms with Crippen molar-refractivity contribution in [3.63, 3.8) is 0 Å². The van der Waals surface area contributed by atoms with E-state index in [1.165, 1.54) is 7.11 Å². The number of hydrogen-bond acceptors (Lipinski definition) is 4. The number of ether oxygens (including phenoxy) is 1. The van der Waals surface area contributed by atoms with Gasteiger partial charge in [-0.1, -0.05) is 0 Å². The Hall–Kier alpha value is -0.650. The van der Waals surface area contributed by atoms with E-state index in [-0.39, 0.29) is 12.5 Å². The van der Waals surface area contributed by atoms with Crippen molar-refractivity contribution < 1.29 is 24.9 Å². The molecule has 0 saturated carbocycles. The quantitative estimate of drug-likeness (QED) is 0.533. The van der Waals surface area contributed by atoms with Crippen molar-refractivity contribution in [3.05, 3.63) is 0 Å². The van der Waals surface area contributed by atoms with Crippen LogP contribution in [-0.4, -0.2) is 46.7 Å². The lowest BCUT2D eigenvalue weighted by molar-refractivity contribution is -0.148. The van der Waals surface area contributed by atoms with Gasteiger partial charge in [-0.2, -0.15) is 0 Å². The summed E-state index contributed by atoms with van der Waals surface area (Å²) in [6.45, 7) is 1.76. The number of aliphatic carboxylic acids is 1. The predicted octanol–water partition coefficient (Wildman–Crippen LogP) is -0.392. The Morgan fingerprint density at radius 3 is 2.31 bits per heavy atom. The molecule has 0 rings (SSSR count). The third-order valence-corrected chi connectivity index (χ3v) is 1.79. The van der Waals surface area contributed by atoms with Crippen molar-refractivity contribution in [1.82, 2.24) is 0 Å². The van der Waals surface area contributed by atoms with E-state index in [1.54, 1.807) is 6.92 Å². The molecule has 0 saturated heterocycles. The Balaban J connectivity index is 3.73. The minimum Gasteiger partial charge on any atom is -0.479 e. The maximum atomic E-state index is 10.2. The second-order valence-electron chi connectivity index (χ2n) is 3.03. The van der Waals surface area contributed by atoms with Gasteiger partial charge in [0.15, 0.2) is 6.10 Å². The summed E-state index contributed by atoms with van der Waals surface area (Å²) >= 11 is 0. The highest BCUT2D eigenvalue weighted by molar-refractivity contribution is 5.71. The maximum absolute atomic E-state index is 10.2. The molecule has 0 aliphatic heterocycles. The van der Waals surface area contributed by atoms with Gasteiger partial charge in [0.1, 0.15) is 0 Å². The lowest BCUT2D eigenvalue weighted by atomic mass is 10.1. The van der Waals surface area contributed by atoms with Crippen LogP contribution in [0.1, 0.15) is 19.8 Å². The Morgan fingerprint density at radius 1 is 1.38 bits per heavy atom. The van der Waals surface area contributed by atoms with Crippen molar-refractivity contribution in [2.45, 2.75) is 38.1 Å². The summed E-state index contributed by atoms with van der Waals surface area (Å²) in [4.78, 5) is 10.2.